The Morgan fingerprint density at radius 1 is 0.203 bits per heavy atom. The molecule has 0 fully saturated rings. The van der Waals surface area contributed by atoms with E-state index in [1.165, 1.54) is 99.8 Å². The maximum atomic E-state index is 2.58. The van der Waals surface area contributed by atoms with Crippen molar-refractivity contribution in [1.82, 2.24) is 0 Å². The maximum Gasteiger partial charge on any atom is 0.0727 e. The lowest BCUT2D eigenvalue weighted by Crippen LogP contribution is -2.27. The third-order valence-electron chi connectivity index (χ3n) is 16.8. The SMILES string of the molecule is c1ccc(N(c2ccccc2)c2ccc3c(c2)C2(c4ccccc4-3)c3ccccc3-c3c2cc(N(c2ccccc2)c2ccc4c(c2)C2(c5ccccc5-c5ccccc52)c2ccccc2-4)c2ccccc32)cc1. The molecule has 74 heavy (non-hydrogen) atoms. The molecule has 0 saturated heterocycles. The fourth-order valence-corrected chi connectivity index (χ4v) is 14.1. The van der Waals surface area contributed by atoms with E-state index in [-0.39, 0.29) is 0 Å². The first-order valence-corrected chi connectivity index (χ1v) is 25.8. The van der Waals surface area contributed by atoms with Gasteiger partial charge in [0.15, 0.2) is 0 Å². The first kappa shape index (κ1) is 41.2. The average molecular weight is 939 g/mol. The van der Waals surface area contributed by atoms with Crippen molar-refractivity contribution >= 4 is 44.9 Å². The molecule has 0 heterocycles. The van der Waals surface area contributed by atoms with E-state index >= 15 is 0 Å². The van der Waals surface area contributed by atoms with Gasteiger partial charge in [0.05, 0.1) is 16.5 Å². The van der Waals surface area contributed by atoms with Gasteiger partial charge in [-0.3, -0.25) is 0 Å². The second-order valence-corrected chi connectivity index (χ2v) is 20.2. The van der Waals surface area contributed by atoms with E-state index in [0.29, 0.717) is 0 Å². The summed E-state index contributed by atoms with van der Waals surface area (Å²) in [6.45, 7) is 0. The second kappa shape index (κ2) is 15.5. The van der Waals surface area contributed by atoms with Crippen LogP contribution in [0.3, 0.4) is 0 Å². The lowest BCUT2D eigenvalue weighted by atomic mass is 9.70. The highest BCUT2D eigenvalue weighted by atomic mass is 15.1. The van der Waals surface area contributed by atoms with Gasteiger partial charge in [-0.15, -0.1) is 0 Å². The summed E-state index contributed by atoms with van der Waals surface area (Å²) < 4.78 is 0. The fraction of sp³-hybridized carbons (Fsp3) is 0.0278. The van der Waals surface area contributed by atoms with Crippen molar-refractivity contribution in [3.63, 3.8) is 0 Å². The van der Waals surface area contributed by atoms with Crippen LogP contribution in [0.4, 0.5) is 34.1 Å². The lowest BCUT2D eigenvalue weighted by Gasteiger charge is -2.34. The zero-order chi connectivity index (χ0) is 48.5. The zero-order valence-electron chi connectivity index (χ0n) is 40.5. The smallest absolute Gasteiger partial charge is 0.0727 e. The Labute approximate surface area is 431 Å². The van der Waals surface area contributed by atoms with Crippen LogP contribution < -0.4 is 9.80 Å². The number of nitrogens with zero attached hydrogens (tertiary/aromatic N) is 2. The van der Waals surface area contributed by atoms with Crippen LogP contribution in [0.5, 0.6) is 0 Å². The van der Waals surface area contributed by atoms with Gasteiger partial charge >= 0.3 is 0 Å². The summed E-state index contributed by atoms with van der Waals surface area (Å²) in [5.41, 5.74) is 26.5. The van der Waals surface area contributed by atoms with E-state index in [4.69, 9.17) is 0 Å². The molecule has 0 saturated carbocycles. The van der Waals surface area contributed by atoms with Crippen LogP contribution in [0.2, 0.25) is 0 Å². The van der Waals surface area contributed by atoms with Crippen LogP contribution in [-0.4, -0.2) is 0 Å². The standard InChI is InChI=1S/C72H46N2/c1-4-22-47(23-5-1)73(48-24-6-2-7-25-48)50-40-42-57-55-31-15-20-38-64(55)72(67(57)44-50)65-39-21-16-34-60(65)70-59-33-11-10-32-58(59)69(46-68(70)72)74(49-26-8-3-9-27-49)51-41-43-56-54-30-14-19-37-63(54)71(66(56)45-51)61-35-17-12-28-52(61)53-29-13-18-36-62(53)71/h1-46H. The van der Waals surface area contributed by atoms with Crippen molar-refractivity contribution in [3.8, 4) is 44.5 Å². The highest BCUT2D eigenvalue weighted by Gasteiger charge is 2.54. The van der Waals surface area contributed by atoms with Crippen LogP contribution in [-0.2, 0) is 10.8 Å². The Kier molecular flexibility index (Phi) is 8.62. The second-order valence-electron chi connectivity index (χ2n) is 20.2. The minimum absolute atomic E-state index is 0.481. The quantitative estimate of drug-likeness (QED) is 0.164. The number of hydrogen-bond donors (Lipinski definition) is 0. The molecule has 1 atom stereocenters. The molecule has 4 aliphatic rings. The van der Waals surface area contributed by atoms with Crippen molar-refractivity contribution in [2.24, 2.45) is 0 Å². The number of hydrogen-bond acceptors (Lipinski definition) is 2. The molecule has 0 bridgehead atoms. The molecule has 16 rings (SSSR count). The van der Waals surface area contributed by atoms with Gasteiger partial charge in [-0.05, 0) is 161 Å². The molecule has 0 amide bonds. The first-order chi connectivity index (χ1) is 36.7. The summed E-state index contributed by atoms with van der Waals surface area (Å²) >= 11 is 0. The number of benzene rings is 12. The minimum atomic E-state index is -0.630. The van der Waals surface area contributed by atoms with Crippen molar-refractivity contribution in [2.75, 3.05) is 9.80 Å². The van der Waals surface area contributed by atoms with Gasteiger partial charge in [-0.25, -0.2) is 0 Å². The average Bonchev–Trinajstić information content (AvgIpc) is 4.33. The molecule has 2 nitrogen and oxygen atoms in total. The zero-order valence-corrected chi connectivity index (χ0v) is 40.5. The number of para-hydroxylation sites is 3. The van der Waals surface area contributed by atoms with E-state index in [9.17, 15) is 0 Å². The normalized spacial score (nSPS) is 15.2. The Hall–Kier alpha value is -9.50. The lowest BCUT2D eigenvalue weighted by molar-refractivity contribution is 0.793. The van der Waals surface area contributed by atoms with Gasteiger partial charge in [0.2, 0.25) is 0 Å². The predicted octanol–water partition coefficient (Wildman–Crippen LogP) is 18.5. The molecule has 0 aromatic heterocycles. The van der Waals surface area contributed by atoms with Crippen molar-refractivity contribution in [3.05, 3.63) is 324 Å². The largest absolute Gasteiger partial charge is 0.310 e. The Balaban J connectivity index is 0.987. The Bertz CT molecular complexity index is 4170. The van der Waals surface area contributed by atoms with Crippen LogP contribution in [0.25, 0.3) is 55.3 Å². The van der Waals surface area contributed by atoms with E-state index in [0.717, 1.165) is 34.1 Å². The fourth-order valence-electron chi connectivity index (χ4n) is 14.1. The third-order valence-corrected chi connectivity index (χ3v) is 16.8. The minimum Gasteiger partial charge on any atom is -0.310 e. The topological polar surface area (TPSA) is 6.48 Å². The van der Waals surface area contributed by atoms with E-state index in [1.807, 2.05) is 0 Å². The highest BCUT2D eigenvalue weighted by molar-refractivity contribution is 6.12. The van der Waals surface area contributed by atoms with Crippen LogP contribution in [0, 0.1) is 0 Å². The maximum absolute atomic E-state index is 2.58. The van der Waals surface area contributed by atoms with E-state index < -0.39 is 10.8 Å². The molecule has 0 radical (unpaired) electrons. The predicted molar refractivity (Wildman–Crippen MR) is 306 cm³/mol. The summed E-state index contributed by atoms with van der Waals surface area (Å²) in [5.74, 6) is 0. The Morgan fingerprint density at radius 2 is 0.527 bits per heavy atom. The summed E-state index contributed by atoms with van der Waals surface area (Å²) in [6.07, 6.45) is 0. The summed E-state index contributed by atoms with van der Waals surface area (Å²) in [6, 6.07) is 105. The third kappa shape index (κ3) is 5.33. The number of rotatable bonds is 6. The molecule has 0 N–H and O–H groups in total. The summed E-state index contributed by atoms with van der Waals surface area (Å²) in [5, 5.41) is 2.45. The van der Waals surface area contributed by atoms with Gasteiger partial charge in [-0.2, -0.15) is 0 Å². The Morgan fingerprint density at radius 3 is 0.986 bits per heavy atom. The molecule has 1 unspecified atom stereocenters. The molecule has 12 aromatic rings. The number of fused-ring (bicyclic) bond motifs is 22. The summed E-state index contributed by atoms with van der Waals surface area (Å²) in [7, 11) is 0. The van der Waals surface area contributed by atoms with Crippen molar-refractivity contribution in [1.29, 1.82) is 0 Å². The molecular weight excluding hydrogens is 893 g/mol. The number of anilines is 6. The highest BCUT2D eigenvalue weighted by Crippen LogP contribution is 2.67. The molecule has 2 heteroatoms. The molecule has 2 spiro atoms. The van der Waals surface area contributed by atoms with Crippen LogP contribution in [0.1, 0.15) is 44.5 Å². The molecule has 4 aliphatic carbocycles. The molecule has 0 aliphatic heterocycles. The van der Waals surface area contributed by atoms with Gasteiger partial charge < -0.3 is 9.80 Å². The van der Waals surface area contributed by atoms with Gasteiger partial charge in [0.1, 0.15) is 0 Å². The van der Waals surface area contributed by atoms with E-state index in [2.05, 4.69) is 289 Å². The molecule has 12 aromatic carbocycles. The van der Waals surface area contributed by atoms with Gasteiger partial charge in [0.25, 0.3) is 0 Å². The van der Waals surface area contributed by atoms with Crippen molar-refractivity contribution in [2.45, 2.75) is 10.8 Å². The van der Waals surface area contributed by atoms with Crippen LogP contribution in [0.15, 0.2) is 279 Å². The van der Waals surface area contributed by atoms with Crippen LogP contribution >= 0.6 is 0 Å². The van der Waals surface area contributed by atoms with E-state index in [1.54, 1.807) is 0 Å². The first-order valence-electron chi connectivity index (χ1n) is 25.8. The summed E-state index contributed by atoms with van der Waals surface area (Å²) in [4.78, 5) is 4.95. The molecular formula is C72H46N2. The monoisotopic (exact) mass is 938 g/mol. The molecule has 344 valence electrons. The van der Waals surface area contributed by atoms with Gasteiger partial charge in [-0.1, -0.05) is 212 Å². The van der Waals surface area contributed by atoms with Crippen molar-refractivity contribution < 1.29 is 0 Å². The van der Waals surface area contributed by atoms with Gasteiger partial charge in [0, 0.05) is 33.8 Å².